The molecular formula is C34H27BrN4O4. The Hall–Kier alpha value is -5.15. The lowest BCUT2D eigenvalue weighted by Gasteiger charge is -2.17. The highest BCUT2D eigenvalue weighted by atomic mass is 79.9. The Labute approximate surface area is 255 Å². The van der Waals surface area contributed by atoms with Gasteiger partial charge in [0.2, 0.25) is 0 Å². The van der Waals surface area contributed by atoms with Crippen molar-refractivity contribution in [3.8, 4) is 17.1 Å². The first-order valence-electron chi connectivity index (χ1n) is 13.6. The highest BCUT2D eigenvalue weighted by molar-refractivity contribution is 9.10. The van der Waals surface area contributed by atoms with Crippen LogP contribution in [0.25, 0.3) is 11.4 Å². The molecule has 0 unspecified atom stereocenters. The number of ether oxygens (including phenoxy) is 1. The molecule has 2 N–H and O–H groups in total. The Kier molecular flexibility index (Phi) is 7.56. The van der Waals surface area contributed by atoms with E-state index >= 15 is 0 Å². The van der Waals surface area contributed by atoms with Crippen LogP contribution in [-0.2, 0) is 0 Å². The maximum absolute atomic E-state index is 14.1. The molecule has 0 bridgehead atoms. The van der Waals surface area contributed by atoms with Crippen LogP contribution in [0.2, 0.25) is 0 Å². The van der Waals surface area contributed by atoms with Crippen LogP contribution in [-0.4, -0.2) is 25.5 Å². The second-order valence-corrected chi connectivity index (χ2v) is 11.1. The molecular weight excluding hydrogens is 608 g/mol. The number of hydrogen-bond acceptors (Lipinski definition) is 4. The molecule has 43 heavy (non-hydrogen) atoms. The van der Waals surface area contributed by atoms with Crippen molar-refractivity contribution in [1.82, 2.24) is 19.6 Å². The summed E-state index contributed by atoms with van der Waals surface area (Å²) in [6.07, 6.45) is 0. The van der Waals surface area contributed by atoms with E-state index in [1.54, 1.807) is 42.5 Å². The van der Waals surface area contributed by atoms with Crippen molar-refractivity contribution in [1.29, 1.82) is 0 Å². The highest BCUT2D eigenvalue weighted by Crippen LogP contribution is 2.34. The van der Waals surface area contributed by atoms with E-state index in [4.69, 9.17) is 4.74 Å². The average Bonchev–Trinajstić information content (AvgIpc) is 3.48. The normalized spacial score (nSPS) is 11.2. The number of carbonyl (C=O) groups is 1. The third-order valence-electron chi connectivity index (χ3n) is 7.32. The van der Waals surface area contributed by atoms with Gasteiger partial charge in [0.25, 0.3) is 11.1 Å². The summed E-state index contributed by atoms with van der Waals surface area (Å²) in [6, 6.07) is 32.4. The van der Waals surface area contributed by atoms with E-state index in [1.165, 1.54) is 9.36 Å². The van der Waals surface area contributed by atoms with Crippen LogP contribution in [0.1, 0.15) is 44.4 Å². The number of aromatic nitrogens is 4. The van der Waals surface area contributed by atoms with Gasteiger partial charge in [-0.15, -0.1) is 0 Å². The quantitative estimate of drug-likeness (QED) is 0.156. The van der Waals surface area contributed by atoms with Crippen molar-refractivity contribution in [3.63, 3.8) is 0 Å². The van der Waals surface area contributed by atoms with Gasteiger partial charge in [-0.25, -0.2) is 14.2 Å². The number of H-pyrrole nitrogens is 2. The molecule has 6 aromatic rings. The molecule has 0 saturated heterocycles. The molecule has 2 heterocycles. The van der Waals surface area contributed by atoms with E-state index in [9.17, 15) is 14.4 Å². The van der Waals surface area contributed by atoms with Gasteiger partial charge in [-0.2, -0.15) is 0 Å². The smallest absolute Gasteiger partial charge is 0.343 e. The van der Waals surface area contributed by atoms with E-state index in [-0.39, 0.29) is 11.1 Å². The van der Waals surface area contributed by atoms with Gasteiger partial charge in [-0.05, 0) is 80.1 Å². The zero-order valence-corrected chi connectivity index (χ0v) is 25.0. The number of carbonyl (C=O) groups excluding carboxylic acids is 1. The molecule has 0 aliphatic rings. The van der Waals surface area contributed by atoms with E-state index in [0.29, 0.717) is 50.8 Å². The lowest BCUT2D eigenvalue weighted by atomic mass is 9.85. The van der Waals surface area contributed by atoms with Crippen molar-refractivity contribution in [2.45, 2.75) is 19.8 Å². The zero-order valence-electron chi connectivity index (χ0n) is 23.4. The van der Waals surface area contributed by atoms with E-state index in [2.05, 4.69) is 26.1 Å². The van der Waals surface area contributed by atoms with Crippen molar-refractivity contribution < 1.29 is 9.53 Å². The first-order chi connectivity index (χ1) is 20.8. The van der Waals surface area contributed by atoms with Gasteiger partial charge in [0, 0.05) is 21.8 Å². The molecule has 8 nitrogen and oxygen atoms in total. The van der Waals surface area contributed by atoms with Gasteiger partial charge in [-0.3, -0.25) is 19.8 Å². The Morgan fingerprint density at radius 2 is 1.21 bits per heavy atom. The number of para-hydroxylation sites is 2. The minimum Gasteiger partial charge on any atom is -0.423 e. The number of hydrogen-bond donors (Lipinski definition) is 2. The maximum Gasteiger partial charge on any atom is 0.343 e. The molecule has 0 amide bonds. The predicted octanol–water partition coefficient (Wildman–Crippen LogP) is 6.42. The van der Waals surface area contributed by atoms with Crippen LogP contribution in [0.4, 0.5) is 0 Å². The van der Waals surface area contributed by atoms with Gasteiger partial charge in [0.15, 0.2) is 0 Å². The fourth-order valence-electron chi connectivity index (χ4n) is 5.30. The SMILES string of the molecule is Cc1[nH]n(-c2ccccc2)c(=O)c1C(c1cccc(OC(=O)c2ccc(Br)cc2)c1)c1c(C)[nH]n(-c2ccccc2)c1=O. The molecule has 214 valence electrons. The molecule has 6 rings (SSSR count). The summed E-state index contributed by atoms with van der Waals surface area (Å²) >= 11 is 3.38. The predicted molar refractivity (Wildman–Crippen MR) is 169 cm³/mol. The van der Waals surface area contributed by atoms with E-state index < -0.39 is 11.9 Å². The summed E-state index contributed by atoms with van der Waals surface area (Å²) in [5.74, 6) is -0.993. The summed E-state index contributed by atoms with van der Waals surface area (Å²) in [6.45, 7) is 3.64. The standard InChI is InChI=1S/C34H27BrN4O4/c1-21-29(32(40)38(36-21)26-11-5-3-6-12-26)31(30-22(2)37-39(33(30)41)27-13-7-4-8-14-27)24-10-9-15-28(20-24)43-34(42)23-16-18-25(35)19-17-23/h3-20,31,36-37H,1-2H3. The summed E-state index contributed by atoms with van der Waals surface area (Å²) in [5.41, 5.74) is 3.86. The van der Waals surface area contributed by atoms with E-state index in [1.807, 2.05) is 80.6 Å². The lowest BCUT2D eigenvalue weighted by Crippen LogP contribution is -2.25. The minimum atomic E-state index is -0.770. The Morgan fingerprint density at radius 1 is 0.698 bits per heavy atom. The molecule has 9 heteroatoms. The van der Waals surface area contributed by atoms with Gasteiger partial charge < -0.3 is 4.74 Å². The van der Waals surface area contributed by atoms with Gasteiger partial charge >= 0.3 is 5.97 Å². The highest BCUT2D eigenvalue weighted by Gasteiger charge is 2.31. The summed E-state index contributed by atoms with van der Waals surface area (Å²) in [7, 11) is 0. The summed E-state index contributed by atoms with van der Waals surface area (Å²) in [4.78, 5) is 41.1. The fraction of sp³-hybridized carbons (Fsp3) is 0.0882. The molecule has 4 aromatic carbocycles. The second kappa shape index (κ2) is 11.6. The number of halogens is 1. The molecule has 2 aromatic heterocycles. The van der Waals surface area contributed by atoms with E-state index in [0.717, 1.165) is 4.47 Å². The topological polar surface area (TPSA) is 102 Å². The van der Waals surface area contributed by atoms with Crippen molar-refractivity contribution in [3.05, 3.63) is 168 Å². The second-order valence-electron chi connectivity index (χ2n) is 10.2. The zero-order chi connectivity index (χ0) is 30.1. The molecule has 0 radical (unpaired) electrons. The first-order valence-corrected chi connectivity index (χ1v) is 14.4. The molecule has 0 spiro atoms. The summed E-state index contributed by atoms with van der Waals surface area (Å²) < 4.78 is 9.54. The van der Waals surface area contributed by atoms with Crippen LogP contribution < -0.4 is 15.9 Å². The minimum absolute atomic E-state index is 0.280. The van der Waals surface area contributed by atoms with Crippen LogP contribution >= 0.6 is 15.9 Å². The Morgan fingerprint density at radius 3 is 1.72 bits per heavy atom. The maximum atomic E-state index is 14.1. The van der Waals surface area contributed by atoms with Crippen LogP contribution in [0.5, 0.6) is 5.75 Å². The fourth-order valence-corrected chi connectivity index (χ4v) is 5.57. The molecule has 0 fully saturated rings. The van der Waals surface area contributed by atoms with Crippen molar-refractivity contribution in [2.75, 3.05) is 0 Å². The molecule has 0 aliphatic heterocycles. The van der Waals surface area contributed by atoms with Crippen molar-refractivity contribution >= 4 is 21.9 Å². The van der Waals surface area contributed by atoms with Crippen LogP contribution in [0.3, 0.4) is 0 Å². The third-order valence-corrected chi connectivity index (χ3v) is 7.85. The third kappa shape index (κ3) is 5.42. The summed E-state index contributed by atoms with van der Waals surface area (Å²) in [5, 5.41) is 6.39. The van der Waals surface area contributed by atoms with Crippen molar-refractivity contribution in [2.24, 2.45) is 0 Å². The molecule has 0 saturated carbocycles. The number of benzene rings is 4. The van der Waals surface area contributed by atoms with Gasteiger partial charge in [0.1, 0.15) is 5.75 Å². The lowest BCUT2D eigenvalue weighted by molar-refractivity contribution is 0.0734. The first kappa shape index (κ1) is 28.0. The number of nitrogens with zero attached hydrogens (tertiary/aromatic N) is 2. The van der Waals surface area contributed by atoms with Gasteiger partial charge in [0.05, 0.1) is 28.1 Å². The molecule has 0 aliphatic carbocycles. The number of rotatable bonds is 7. The Balaban J connectivity index is 1.51. The Bertz CT molecular complexity index is 1940. The van der Waals surface area contributed by atoms with Gasteiger partial charge in [-0.1, -0.05) is 64.5 Å². The molecule has 0 atom stereocenters. The van der Waals surface area contributed by atoms with Crippen LogP contribution in [0.15, 0.2) is 123 Å². The number of esters is 1. The average molecular weight is 636 g/mol. The largest absolute Gasteiger partial charge is 0.423 e. The van der Waals surface area contributed by atoms with Crippen LogP contribution in [0, 0.1) is 13.8 Å². The monoisotopic (exact) mass is 634 g/mol. The number of aryl methyl sites for hydroxylation is 2. The number of nitrogens with one attached hydrogen (secondary N) is 2. The number of aromatic amines is 2.